The number of halogens is 3. The van der Waals surface area contributed by atoms with Gasteiger partial charge in [0, 0.05) is 60.7 Å². The van der Waals surface area contributed by atoms with E-state index >= 15 is 4.39 Å². The number of amides is 1. The molecule has 6 rings (SSSR count). The first-order chi connectivity index (χ1) is 28.9. The van der Waals surface area contributed by atoms with Gasteiger partial charge < -0.3 is 28.6 Å². The zero-order valence-electron chi connectivity index (χ0n) is 33.0. The first kappa shape index (κ1) is 44.1. The number of likely N-dealkylation sites (tertiary alicyclic amines) is 2. The Morgan fingerprint density at radius 3 is 2.45 bits per heavy atom. The predicted molar refractivity (Wildman–Crippen MR) is 212 cm³/mol. The van der Waals surface area contributed by atoms with Crippen LogP contribution in [0.2, 0.25) is 0 Å². The van der Waals surface area contributed by atoms with Crippen LogP contribution in [0.4, 0.5) is 18.0 Å². The molecule has 3 atom stereocenters. The molecule has 318 valence electrons. The molecule has 2 aromatic carbocycles. The van der Waals surface area contributed by atoms with Crippen LogP contribution >= 0.6 is 11.8 Å². The molecule has 3 unspecified atom stereocenters. The molecule has 0 bridgehead atoms. The Hall–Kier alpha value is -5.48. The Kier molecular flexibility index (Phi) is 15.2. The van der Waals surface area contributed by atoms with E-state index in [2.05, 4.69) is 15.0 Å². The highest BCUT2D eigenvalue weighted by Gasteiger charge is 2.47. The van der Waals surface area contributed by atoms with Crippen LogP contribution in [0, 0.1) is 28.8 Å². The lowest BCUT2D eigenvalue weighted by atomic mass is 9.89. The van der Waals surface area contributed by atoms with Gasteiger partial charge in [-0.25, -0.2) is 32.4 Å². The lowest BCUT2D eigenvalue weighted by Gasteiger charge is -2.46. The quantitative estimate of drug-likeness (QED) is 0.0773. The number of thioether (sulfide) groups is 1. The van der Waals surface area contributed by atoms with Crippen molar-refractivity contribution in [3.05, 3.63) is 114 Å². The van der Waals surface area contributed by atoms with Gasteiger partial charge in [-0.2, -0.15) is 10.4 Å². The van der Waals surface area contributed by atoms with E-state index < -0.39 is 53.0 Å². The topological polar surface area (TPSA) is 158 Å². The average Bonchev–Trinajstić information content (AvgIpc) is 3.72. The molecule has 18 heteroatoms. The molecule has 60 heavy (non-hydrogen) atoms. The van der Waals surface area contributed by atoms with E-state index in [4.69, 9.17) is 28.9 Å². The number of ether oxygens (including phenoxy) is 5. The highest BCUT2D eigenvalue weighted by molar-refractivity contribution is 8.00. The minimum absolute atomic E-state index is 0.160. The van der Waals surface area contributed by atoms with Crippen molar-refractivity contribution < 1.29 is 51.2 Å². The van der Waals surface area contributed by atoms with Crippen molar-refractivity contribution in [3.8, 4) is 6.07 Å². The molecule has 1 aromatic heterocycles. The standard InChI is InChI=1S/C42H45F3N6O8S/c1-28(60-34-23-55-40(56-24-34)9-5-4-8-31-11-10-30(20-46)18-36(31)44)42(25-51-27-47-26-48-51,35-13-12-32(43)19-37(35)45)59-41(54)58-29(2)57-39(53)15-14-38(52)50-21-33(22-50)49-16-6-3-7-17-49/h4-5,8-15,18-19,26-29,33-34,40H,3,6-7,16-17,21-25H2,1-2H3. The summed E-state index contributed by atoms with van der Waals surface area (Å²) in [5.41, 5.74) is -1.60. The van der Waals surface area contributed by atoms with Crippen molar-refractivity contribution in [1.82, 2.24) is 24.6 Å². The predicted octanol–water partition coefficient (Wildman–Crippen LogP) is 5.89. The number of rotatable bonds is 15. The van der Waals surface area contributed by atoms with Crippen LogP contribution in [0.1, 0.15) is 49.8 Å². The molecule has 1 amide bonds. The second kappa shape index (κ2) is 20.7. The van der Waals surface area contributed by atoms with Crippen LogP contribution in [-0.2, 0) is 45.4 Å². The smallest absolute Gasteiger partial charge is 0.422 e. The maximum Gasteiger partial charge on any atom is 0.512 e. The highest BCUT2D eigenvalue weighted by atomic mass is 32.2. The van der Waals surface area contributed by atoms with Gasteiger partial charge >= 0.3 is 12.1 Å². The van der Waals surface area contributed by atoms with Crippen LogP contribution in [0.5, 0.6) is 0 Å². The number of aromatic nitrogens is 3. The maximum absolute atomic E-state index is 15.8. The summed E-state index contributed by atoms with van der Waals surface area (Å²) in [7, 11) is 0. The van der Waals surface area contributed by atoms with Gasteiger partial charge in [0.2, 0.25) is 12.2 Å². The fraction of sp³-hybridized carbons (Fsp3) is 0.429. The lowest BCUT2D eigenvalue weighted by Crippen LogP contribution is -2.61. The third kappa shape index (κ3) is 11.6. The van der Waals surface area contributed by atoms with E-state index in [1.54, 1.807) is 30.1 Å². The number of nitriles is 1. The number of carbonyl (C=O) groups is 3. The Balaban J connectivity index is 1.08. The number of allylic oxidation sites excluding steroid dienone is 2. The fourth-order valence-electron chi connectivity index (χ4n) is 7.06. The monoisotopic (exact) mass is 850 g/mol. The molecule has 0 N–H and O–H groups in total. The Morgan fingerprint density at radius 2 is 1.77 bits per heavy atom. The van der Waals surface area contributed by atoms with Crippen molar-refractivity contribution >= 4 is 35.9 Å². The molecule has 3 saturated heterocycles. The normalized spacial score (nSPS) is 21.0. The van der Waals surface area contributed by atoms with Crippen LogP contribution < -0.4 is 0 Å². The van der Waals surface area contributed by atoms with E-state index in [0.717, 1.165) is 56.3 Å². The molecule has 0 radical (unpaired) electrons. The molecule has 3 aromatic rings. The average molecular weight is 851 g/mol. The van der Waals surface area contributed by atoms with Gasteiger partial charge in [-0.1, -0.05) is 30.7 Å². The number of esters is 1. The number of hydrogen-bond donors (Lipinski definition) is 0. The Morgan fingerprint density at radius 1 is 1.00 bits per heavy atom. The van der Waals surface area contributed by atoms with E-state index in [-0.39, 0.29) is 42.0 Å². The third-order valence-electron chi connectivity index (χ3n) is 10.2. The maximum atomic E-state index is 15.8. The van der Waals surface area contributed by atoms with E-state index in [0.29, 0.717) is 30.8 Å². The molecule has 3 aliphatic heterocycles. The zero-order valence-corrected chi connectivity index (χ0v) is 33.8. The molecule has 3 fully saturated rings. The van der Waals surface area contributed by atoms with Gasteiger partial charge in [0.15, 0.2) is 11.9 Å². The van der Waals surface area contributed by atoms with Gasteiger partial charge in [-0.3, -0.25) is 9.69 Å². The molecule has 14 nitrogen and oxygen atoms in total. The molecular weight excluding hydrogens is 806 g/mol. The summed E-state index contributed by atoms with van der Waals surface area (Å²) in [4.78, 5) is 46.8. The van der Waals surface area contributed by atoms with Crippen molar-refractivity contribution in [3.63, 3.8) is 0 Å². The number of carbonyl (C=O) groups excluding carboxylic acids is 3. The molecule has 4 heterocycles. The van der Waals surface area contributed by atoms with Crippen molar-refractivity contribution in [2.24, 2.45) is 0 Å². The van der Waals surface area contributed by atoms with Crippen molar-refractivity contribution in [1.29, 1.82) is 5.26 Å². The lowest BCUT2D eigenvalue weighted by molar-refractivity contribution is -0.166. The first-order valence-corrected chi connectivity index (χ1v) is 20.4. The summed E-state index contributed by atoms with van der Waals surface area (Å²) in [5, 5.41) is 11.9. The summed E-state index contributed by atoms with van der Waals surface area (Å²) < 4.78 is 73.8. The largest absolute Gasteiger partial charge is 0.512 e. The third-order valence-corrected chi connectivity index (χ3v) is 11.7. The van der Waals surface area contributed by atoms with Crippen LogP contribution in [0.25, 0.3) is 6.08 Å². The van der Waals surface area contributed by atoms with E-state index in [9.17, 15) is 23.2 Å². The van der Waals surface area contributed by atoms with E-state index in [1.807, 2.05) is 6.07 Å². The molecule has 3 aliphatic rings. The Bertz CT molecular complexity index is 2100. The van der Waals surface area contributed by atoms with Crippen molar-refractivity contribution in [2.75, 3.05) is 39.4 Å². The fourth-order valence-corrected chi connectivity index (χ4v) is 8.42. The summed E-state index contributed by atoms with van der Waals surface area (Å²) in [5.74, 6) is -3.69. The summed E-state index contributed by atoms with van der Waals surface area (Å²) >= 11 is 1.25. The molecule has 0 spiro atoms. The van der Waals surface area contributed by atoms with Gasteiger partial charge in [0.05, 0.1) is 36.6 Å². The zero-order chi connectivity index (χ0) is 42.6. The van der Waals surface area contributed by atoms with Crippen molar-refractivity contribution in [2.45, 2.75) is 74.4 Å². The first-order valence-electron chi connectivity index (χ1n) is 19.4. The SMILES string of the molecule is CC(OC(=O)C=CC(=O)N1CC(N2CCCCC2)C1)OC(=O)OC(Cn1cncn1)(c1ccc(F)cc1F)C(C)SC1COC(C=CC=Cc2ccc(C#N)cc2F)OC1. The minimum Gasteiger partial charge on any atom is -0.422 e. The van der Waals surface area contributed by atoms with Crippen LogP contribution in [0.15, 0.2) is 79.4 Å². The molecular formula is C42H45F3N6O8S. The number of hydrogen-bond acceptors (Lipinski definition) is 13. The van der Waals surface area contributed by atoms with Crippen LogP contribution in [0.3, 0.4) is 0 Å². The number of benzene rings is 2. The minimum atomic E-state index is -1.92. The summed E-state index contributed by atoms with van der Waals surface area (Å²) in [6.45, 7) is 6.17. The highest BCUT2D eigenvalue weighted by Crippen LogP contribution is 2.42. The number of piperidine rings is 1. The summed E-state index contributed by atoms with van der Waals surface area (Å²) in [6.07, 6.45) is 11.0. The van der Waals surface area contributed by atoms with Gasteiger partial charge in [-0.05, 0) is 63.2 Å². The van der Waals surface area contributed by atoms with Gasteiger partial charge in [-0.15, -0.1) is 11.8 Å². The second-order valence-electron chi connectivity index (χ2n) is 14.4. The van der Waals surface area contributed by atoms with E-state index in [1.165, 1.54) is 60.7 Å². The summed E-state index contributed by atoms with van der Waals surface area (Å²) in [6, 6.07) is 9.21. The van der Waals surface area contributed by atoms with Gasteiger partial charge in [0.1, 0.15) is 30.1 Å². The Labute approximate surface area is 349 Å². The van der Waals surface area contributed by atoms with Crippen LogP contribution in [-0.4, -0.2) is 111 Å². The molecule has 0 aliphatic carbocycles. The molecule has 0 saturated carbocycles. The second-order valence-corrected chi connectivity index (χ2v) is 16.1. The number of nitrogens with zero attached hydrogens (tertiary/aromatic N) is 6. The van der Waals surface area contributed by atoms with Gasteiger partial charge in [0.25, 0.3) is 0 Å².